The molecule has 0 aliphatic carbocycles. The predicted molar refractivity (Wildman–Crippen MR) is 66.9 cm³/mol. The predicted octanol–water partition coefficient (Wildman–Crippen LogP) is 2.40. The molecule has 0 saturated carbocycles. The molecule has 0 amide bonds. The number of hydrogen-bond donors (Lipinski definition) is 0. The van der Waals surface area contributed by atoms with Crippen molar-refractivity contribution < 1.29 is 0 Å². The van der Waals surface area contributed by atoms with Gasteiger partial charge in [0, 0.05) is 23.1 Å². The lowest BCUT2D eigenvalue weighted by Crippen LogP contribution is -2.26. The van der Waals surface area contributed by atoms with Crippen LogP contribution in [0.1, 0.15) is 32.5 Å². The summed E-state index contributed by atoms with van der Waals surface area (Å²) >= 11 is 3.39. The molecular formula is C11H14BrN3O. The van der Waals surface area contributed by atoms with Crippen molar-refractivity contribution in [1.29, 1.82) is 0 Å². The number of hydrogen-bond acceptors (Lipinski definition) is 2. The highest BCUT2D eigenvalue weighted by atomic mass is 79.9. The molecule has 2 aromatic heterocycles. The molecule has 0 unspecified atom stereocenters. The first kappa shape index (κ1) is 11.4. The Labute approximate surface area is 102 Å². The van der Waals surface area contributed by atoms with Gasteiger partial charge in [0.15, 0.2) is 0 Å². The van der Waals surface area contributed by atoms with Gasteiger partial charge in [-0.15, -0.1) is 0 Å². The SMILES string of the molecule is CCn1nc(C(C)C)n2cc(Br)cc2c1=O. The minimum atomic E-state index is -0.0439. The van der Waals surface area contributed by atoms with Gasteiger partial charge >= 0.3 is 0 Å². The van der Waals surface area contributed by atoms with Crippen molar-refractivity contribution in [3.63, 3.8) is 0 Å². The van der Waals surface area contributed by atoms with E-state index in [2.05, 4.69) is 34.9 Å². The minimum Gasteiger partial charge on any atom is -0.297 e. The summed E-state index contributed by atoms with van der Waals surface area (Å²) in [6.07, 6.45) is 1.89. The van der Waals surface area contributed by atoms with Crippen molar-refractivity contribution in [2.75, 3.05) is 0 Å². The molecule has 2 aromatic rings. The molecule has 0 N–H and O–H groups in total. The van der Waals surface area contributed by atoms with Crippen LogP contribution in [-0.4, -0.2) is 14.2 Å². The van der Waals surface area contributed by atoms with Gasteiger partial charge in [0.1, 0.15) is 11.3 Å². The summed E-state index contributed by atoms with van der Waals surface area (Å²) in [5, 5.41) is 4.38. The fourth-order valence-electron chi connectivity index (χ4n) is 1.74. The molecule has 16 heavy (non-hydrogen) atoms. The first-order valence-corrected chi connectivity index (χ1v) is 6.12. The maximum Gasteiger partial charge on any atom is 0.291 e. The van der Waals surface area contributed by atoms with Gasteiger partial charge in [-0.1, -0.05) is 13.8 Å². The van der Waals surface area contributed by atoms with Crippen molar-refractivity contribution >= 4 is 21.4 Å². The summed E-state index contributed by atoms with van der Waals surface area (Å²) in [6.45, 7) is 6.66. The second-order valence-corrected chi connectivity index (χ2v) is 4.96. The van der Waals surface area contributed by atoms with Crippen LogP contribution in [0.2, 0.25) is 0 Å². The Morgan fingerprint density at radius 1 is 1.50 bits per heavy atom. The molecule has 0 aromatic carbocycles. The van der Waals surface area contributed by atoms with Crippen LogP contribution in [0.4, 0.5) is 0 Å². The van der Waals surface area contributed by atoms with Gasteiger partial charge in [-0.05, 0) is 28.9 Å². The third-order valence-corrected chi connectivity index (χ3v) is 2.96. The van der Waals surface area contributed by atoms with Crippen molar-refractivity contribution in [3.8, 4) is 0 Å². The fourth-order valence-corrected chi connectivity index (χ4v) is 2.16. The first-order valence-electron chi connectivity index (χ1n) is 5.33. The van der Waals surface area contributed by atoms with Crippen molar-refractivity contribution in [3.05, 3.63) is 32.9 Å². The third kappa shape index (κ3) is 1.69. The lowest BCUT2D eigenvalue weighted by atomic mass is 10.2. The Morgan fingerprint density at radius 2 is 2.19 bits per heavy atom. The van der Waals surface area contributed by atoms with Crippen LogP contribution in [0.25, 0.3) is 5.52 Å². The van der Waals surface area contributed by atoms with Crippen molar-refractivity contribution in [2.24, 2.45) is 0 Å². The molecule has 0 bridgehead atoms. The molecule has 4 nitrogen and oxygen atoms in total. The molecule has 5 heteroatoms. The van der Waals surface area contributed by atoms with Crippen molar-refractivity contribution in [1.82, 2.24) is 14.2 Å². The second-order valence-electron chi connectivity index (χ2n) is 4.05. The van der Waals surface area contributed by atoms with Crippen LogP contribution < -0.4 is 5.56 Å². The lowest BCUT2D eigenvalue weighted by molar-refractivity contribution is 0.564. The minimum absolute atomic E-state index is 0.0439. The monoisotopic (exact) mass is 283 g/mol. The fraction of sp³-hybridized carbons (Fsp3) is 0.455. The topological polar surface area (TPSA) is 39.3 Å². The highest BCUT2D eigenvalue weighted by Gasteiger charge is 2.13. The molecule has 0 fully saturated rings. The van der Waals surface area contributed by atoms with E-state index in [1.165, 1.54) is 4.68 Å². The van der Waals surface area contributed by atoms with E-state index in [9.17, 15) is 4.79 Å². The molecule has 86 valence electrons. The van der Waals surface area contributed by atoms with E-state index in [0.29, 0.717) is 12.1 Å². The zero-order valence-corrected chi connectivity index (χ0v) is 11.2. The zero-order chi connectivity index (χ0) is 11.9. The number of aromatic nitrogens is 3. The van der Waals surface area contributed by atoms with Gasteiger partial charge in [0.05, 0.1) is 0 Å². The summed E-state index contributed by atoms with van der Waals surface area (Å²) in [5.41, 5.74) is 0.630. The number of fused-ring (bicyclic) bond motifs is 1. The first-order chi connectivity index (χ1) is 7.54. The van der Waals surface area contributed by atoms with E-state index in [0.717, 1.165) is 10.3 Å². The van der Waals surface area contributed by atoms with E-state index < -0.39 is 0 Å². The molecule has 2 heterocycles. The molecule has 0 aliphatic rings. The van der Waals surface area contributed by atoms with Crippen LogP contribution in [0, 0.1) is 0 Å². The number of aryl methyl sites for hydroxylation is 1. The number of halogens is 1. The van der Waals surface area contributed by atoms with Gasteiger partial charge in [0.2, 0.25) is 0 Å². The van der Waals surface area contributed by atoms with Gasteiger partial charge in [-0.25, -0.2) is 4.68 Å². The molecule has 0 spiro atoms. The Morgan fingerprint density at radius 3 is 2.75 bits per heavy atom. The maximum atomic E-state index is 12.0. The van der Waals surface area contributed by atoms with Gasteiger partial charge < -0.3 is 0 Å². The van der Waals surface area contributed by atoms with Crippen LogP contribution in [0.15, 0.2) is 21.5 Å². The van der Waals surface area contributed by atoms with E-state index in [4.69, 9.17) is 0 Å². The van der Waals surface area contributed by atoms with Crippen LogP contribution >= 0.6 is 15.9 Å². The summed E-state index contributed by atoms with van der Waals surface area (Å²) in [7, 11) is 0. The van der Waals surface area contributed by atoms with Gasteiger partial charge in [-0.2, -0.15) is 5.10 Å². The lowest BCUT2D eigenvalue weighted by Gasteiger charge is -2.10. The largest absolute Gasteiger partial charge is 0.297 e. The summed E-state index contributed by atoms with van der Waals surface area (Å²) in [4.78, 5) is 12.0. The Balaban J connectivity index is 2.89. The van der Waals surface area contributed by atoms with Gasteiger partial charge in [-0.3, -0.25) is 9.20 Å². The standard InChI is InChI=1S/C11H14BrN3O/c1-4-15-11(16)9-5-8(12)6-14(9)10(13-15)7(2)3/h5-7H,4H2,1-3H3. The smallest absolute Gasteiger partial charge is 0.291 e. The average molecular weight is 284 g/mol. The molecule has 2 rings (SSSR count). The second kappa shape index (κ2) is 4.05. The summed E-state index contributed by atoms with van der Waals surface area (Å²) < 4.78 is 4.28. The quantitative estimate of drug-likeness (QED) is 0.849. The summed E-state index contributed by atoms with van der Waals surface area (Å²) in [5.74, 6) is 1.18. The third-order valence-electron chi connectivity index (χ3n) is 2.53. The van der Waals surface area contributed by atoms with E-state index in [-0.39, 0.29) is 11.5 Å². The van der Waals surface area contributed by atoms with E-state index in [1.54, 1.807) is 0 Å². The van der Waals surface area contributed by atoms with Crippen LogP contribution in [0.5, 0.6) is 0 Å². The normalized spacial score (nSPS) is 11.6. The molecule has 0 aliphatic heterocycles. The number of nitrogens with zero attached hydrogens (tertiary/aromatic N) is 3. The zero-order valence-electron chi connectivity index (χ0n) is 9.57. The van der Waals surface area contributed by atoms with E-state index >= 15 is 0 Å². The average Bonchev–Trinajstić information content (AvgIpc) is 2.60. The highest BCUT2D eigenvalue weighted by Crippen LogP contribution is 2.18. The molecule has 0 atom stereocenters. The Kier molecular flexibility index (Phi) is 2.88. The van der Waals surface area contributed by atoms with Crippen LogP contribution in [0.3, 0.4) is 0 Å². The Bertz CT molecular complexity index is 583. The molecular weight excluding hydrogens is 270 g/mol. The number of rotatable bonds is 2. The summed E-state index contributed by atoms with van der Waals surface area (Å²) in [6, 6.07) is 1.84. The Hall–Kier alpha value is -1.10. The van der Waals surface area contributed by atoms with Crippen LogP contribution in [-0.2, 0) is 6.54 Å². The molecule has 0 saturated heterocycles. The highest BCUT2D eigenvalue weighted by molar-refractivity contribution is 9.10. The van der Waals surface area contributed by atoms with E-state index in [1.807, 2.05) is 23.6 Å². The maximum absolute atomic E-state index is 12.0. The van der Waals surface area contributed by atoms with Gasteiger partial charge in [0.25, 0.3) is 5.56 Å². The van der Waals surface area contributed by atoms with Crippen molar-refractivity contribution in [2.45, 2.75) is 33.2 Å². The molecule has 0 radical (unpaired) electrons.